The molecule has 0 spiro atoms. The van der Waals surface area contributed by atoms with Gasteiger partial charge in [0.1, 0.15) is 0 Å². The lowest BCUT2D eigenvalue weighted by Gasteiger charge is -2.29. The van der Waals surface area contributed by atoms with Crippen LogP contribution in [-0.2, 0) is 29.5 Å². The van der Waals surface area contributed by atoms with Crippen LogP contribution in [0.5, 0.6) is 0 Å². The van der Waals surface area contributed by atoms with E-state index >= 15 is 0 Å². The first-order valence-corrected chi connectivity index (χ1v) is 11.5. The number of hydrogen-bond donors (Lipinski definition) is 0. The quantitative estimate of drug-likeness (QED) is 0.202. The minimum Gasteiger partial charge on any atom is -0.464 e. The molecule has 1 unspecified atom stereocenters. The van der Waals surface area contributed by atoms with Gasteiger partial charge in [0.05, 0.1) is 19.8 Å². The van der Waals surface area contributed by atoms with Crippen LogP contribution in [0.15, 0.2) is 71.6 Å². The summed E-state index contributed by atoms with van der Waals surface area (Å²) in [5, 5.41) is 13.8. The molecule has 0 radical (unpaired) electrons. The van der Waals surface area contributed by atoms with Crippen LogP contribution < -0.4 is 0 Å². The van der Waals surface area contributed by atoms with Crippen molar-refractivity contribution in [1.29, 1.82) is 0 Å². The lowest BCUT2D eigenvalue weighted by molar-refractivity contribution is -0.484. The number of benzene rings is 3. The van der Waals surface area contributed by atoms with E-state index in [0.29, 0.717) is 18.8 Å². The molecular formula is C25H25NO6S. The Morgan fingerprint density at radius 2 is 1.76 bits per heavy atom. The summed E-state index contributed by atoms with van der Waals surface area (Å²) >= 11 is 1.14. The van der Waals surface area contributed by atoms with Crippen LogP contribution in [-0.4, -0.2) is 37.3 Å². The van der Waals surface area contributed by atoms with Crippen LogP contribution in [0.2, 0.25) is 0 Å². The number of carbonyl (C=O) groups excluding carboxylic acids is 1. The molecule has 0 amide bonds. The molecule has 0 saturated carbocycles. The standard InChI is InChI=1S/C25H25NO6S/c1-3-30-23(27)25(17-26(28)29,33-22-13-8-18-6-4-5-7-19(18)16-22)21-11-9-20(10-12-21)24(2)31-14-15-32-24/h4-13,16H,3,14-15,17H2,1-2H3. The molecule has 3 aromatic carbocycles. The summed E-state index contributed by atoms with van der Waals surface area (Å²) in [6, 6.07) is 20.6. The third-order valence-corrected chi connectivity index (χ3v) is 7.05. The second-order valence-electron chi connectivity index (χ2n) is 7.87. The van der Waals surface area contributed by atoms with E-state index in [1.807, 2.05) is 49.4 Å². The van der Waals surface area contributed by atoms with Gasteiger partial charge in [0.15, 0.2) is 5.79 Å². The van der Waals surface area contributed by atoms with Crippen molar-refractivity contribution in [2.45, 2.75) is 29.3 Å². The van der Waals surface area contributed by atoms with E-state index in [0.717, 1.165) is 33.0 Å². The Bertz CT molecular complexity index is 1160. The molecule has 0 aliphatic carbocycles. The van der Waals surface area contributed by atoms with Crippen molar-refractivity contribution >= 4 is 28.5 Å². The number of nitro groups is 1. The average molecular weight is 468 g/mol. The lowest BCUT2D eigenvalue weighted by Crippen LogP contribution is -2.41. The fraction of sp³-hybridized carbons (Fsp3) is 0.320. The number of rotatable bonds is 8. The van der Waals surface area contributed by atoms with Crippen LogP contribution in [0.4, 0.5) is 0 Å². The summed E-state index contributed by atoms with van der Waals surface area (Å²) in [5.74, 6) is -1.52. The first-order valence-electron chi connectivity index (χ1n) is 10.7. The first kappa shape index (κ1) is 23.2. The zero-order valence-electron chi connectivity index (χ0n) is 18.5. The highest BCUT2D eigenvalue weighted by Crippen LogP contribution is 2.44. The maximum absolute atomic E-state index is 13.3. The van der Waals surface area contributed by atoms with Gasteiger partial charge in [-0.1, -0.05) is 66.4 Å². The minimum absolute atomic E-state index is 0.119. The van der Waals surface area contributed by atoms with E-state index < -0.39 is 28.0 Å². The predicted octanol–water partition coefficient (Wildman–Crippen LogP) is 4.89. The number of ether oxygens (including phenoxy) is 3. The van der Waals surface area contributed by atoms with Crippen molar-refractivity contribution in [3.63, 3.8) is 0 Å². The molecule has 0 bridgehead atoms. The summed E-state index contributed by atoms with van der Waals surface area (Å²) in [5.41, 5.74) is 1.26. The first-order chi connectivity index (χ1) is 15.9. The lowest BCUT2D eigenvalue weighted by atomic mass is 9.95. The summed E-state index contributed by atoms with van der Waals surface area (Å²) in [4.78, 5) is 25.3. The van der Waals surface area contributed by atoms with E-state index in [2.05, 4.69) is 0 Å². The second kappa shape index (κ2) is 9.51. The smallest absolute Gasteiger partial charge is 0.334 e. The summed E-state index contributed by atoms with van der Waals surface area (Å²) in [7, 11) is 0. The molecule has 1 saturated heterocycles. The molecule has 7 nitrogen and oxygen atoms in total. The Morgan fingerprint density at radius 1 is 1.09 bits per heavy atom. The summed E-state index contributed by atoms with van der Waals surface area (Å²) in [6.45, 7) is 4.00. The molecule has 1 aliphatic heterocycles. The highest BCUT2D eigenvalue weighted by molar-refractivity contribution is 8.01. The van der Waals surface area contributed by atoms with Gasteiger partial charge in [0.2, 0.25) is 11.3 Å². The van der Waals surface area contributed by atoms with Crippen molar-refractivity contribution in [3.05, 3.63) is 88.0 Å². The van der Waals surface area contributed by atoms with Gasteiger partial charge in [-0.05, 0) is 42.3 Å². The third-order valence-electron chi connectivity index (χ3n) is 5.68. The number of esters is 1. The average Bonchev–Trinajstić information content (AvgIpc) is 3.26. The van der Waals surface area contributed by atoms with Gasteiger partial charge in [0, 0.05) is 15.4 Å². The number of nitrogens with zero attached hydrogens (tertiary/aromatic N) is 1. The van der Waals surface area contributed by atoms with E-state index in [1.165, 1.54) is 0 Å². The molecule has 1 heterocycles. The van der Waals surface area contributed by atoms with Crippen molar-refractivity contribution in [2.24, 2.45) is 0 Å². The third kappa shape index (κ3) is 4.73. The normalized spacial score (nSPS) is 16.9. The van der Waals surface area contributed by atoms with Crippen LogP contribution in [0.1, 0.15) is 25.0 Å². The van der Waals surface area contributed by atoms with Crippen molar-refractivity contribution in [2.75, 3.05) is 26.4 Å². The molecule has 1 aliphatic rings. The maximum Gasteiger partial charge on any atom is 0.334 e. The number of fused-ring (bicyclic) bond motifs is 1. The van der Waals surface area contributed by atoms with Crippen LogP contribution in [0.3, 0.4) is 0 Å². The predicted molar refractivity (Wildman–Crippen MR) is 126 cm³/mol. The molecule has 1 atom stereocenters. The van der Waals surface area contributed by atoms with E-state index in [-0.39, 0.29) is 6.61 Å². The minimum atomic E-state index is -1.56. The number of hydrogen-bond acceptors (Lipinski definition) is 7. The van der Waals surface area contributed by atoms with E-state index in [1.54, 1.807) is 31.2 Å². The molecule has 172 valence electrons. The number of thioether (sulfide) groups is 1. The van der Waals surface area contributed by atoms with Crippen LogP contribution in [0, 0.1) is 10.1 Å². The molecule has 8 heteroatoms. The molecule has 3 aromatic rings. The fourth-order valence-electron chi connectivity index (χ4n) is 3.99. The van der Waals surface area contributed by atoms with Crippen LogP contribution >= 0.6 is 11.8 Å². The zero-order chi connectivity index (χ0) is 23.5. The molecular weight excluding hydrogens is 442 g/mol. The summed E-state index contributed by atoms with van der Waals surface area (Å²) in [6.07, 6.45) is 0. The highest BCUT2D eigenvalue weighted by Gasteiger charge is 2.48. The van der Waals surface area contributed by atoms with Gasteiger partial charge in [-0.15, -0.1) is 0 Å². The monoisotopic (exact) mass is 467 g/mol. The highest BCUT2D eigenvalue weighted by atomic mass is 32.2. The Hall–Kier alpha value is -2.94. The summed E-state index contributed by atoms with van der Waals surface area (Å²) < 4.78 is 15.2. The Morgan fingerprint density at radius 3 is 2.39 bits per heavy atom. The van der Waals surface area contributed by atoms with E-state index in [4.69, 9.17) is 14.2 Å². The van der Waals surface area contributed by atoms with Crippen LogP contribution in [0.25, 0.3) is 10.8 Å². The van der Waals surface area contributed by atoms with Gasteiger partial charge < -0.3 is 14.2 Å². The fourth-order valence-corrected chi connectivity index (χ4v) is 5.28. The van der Waals surface area contributed by atoms with Crippen molar-refractivity contribution < 1.29 is 23.9 Å². The topological polar surface area (TPSA) is 87.9 Å². The SMILES string of the molecule is CCOC(=O)C(C[N+](=O)[O-])(Sc1ccc2ccccc2c1)c1ccc(C2(C)OCCO2)cc1. The van der Waals surface area contributed by atoms with Gasteiger partial charge >= 0.3 is 5.97 Å². The van der Waals surface area contributed by atoms with Gasteiger partial charge in [-0.25, -0.2) is 4.79 Å². The van der Waals surface area contributed by atoms with Crippen molar-refractivity contribution in [1.82, 2.24) is 0 Å². The van der Waals surface area contributed by atoms with Gasteiger partial charge in [0.25, 0.3) is 0 Å². The zero-order valence-corrected chi connectivity index (χ0v) is 19.3. The molecule has 4 rings (SSSR count). The van der Waals surface area contributed by atoms with E-state index in [9.17, 15) is 14.9 Å². The maximum atomic E-state index is 13.3. The molecule has 0 N–H and O–H groups in total. The Kier molecular flexibility index (Phi) is 6.69. The van der Waals surface area contributed by atoms with Gasteiger partial charge in [-0.3, -0.25) is 10.1 Å². The van der Waals surface area contributed by atoms with Gasteiger partial charge in [-0.2, -0.15) is 0 Å². The molecule has 0 aromatic heterocycles. The van der Waals surface area contributed by atoms with Crippen molar-refractivity contribution in [3.8, 4) is 0 Å². The largest absolute Gasteiger partial charge is 0.464 e. The Labute approximate surface area is 196 Å². The Balaban J connectivity index is 1.78. The second-order valence-corrected chi connectivity index (χ2v) is 9.24. The molecule has 33 heavy (non-hydrogen) atoms. The number of carbonyl (C=O) groups is 1. The molecule has 1 fully saturated rings.